The molecule has 2 aliphatic carbocycles. The summed E-state index contributed by atoms with van der Waals surface area (Å²) in [6, 6.07) is 8.47. The molecule has 2 aromatic carbocycles. The predicted molar refractivity (Wildman–Crippen MR) is 124 cm³/mol. The molecule has 32 heavy (non-hydrogen) atoms. The molecular formula is C24H28N4O3S. The van der Waals surface area contributed by atoms with E-state index in [1.165, 1.54) is 22.3 Å². The Kier molecular flexibility index (Phi) is 5.51. The molecule has 0 radical (unpaired) electrons. The number of hydrogen-bond acceptors (Lipinski definition) is 3. The van der Waals surface area contributed by atoms with E-state index in [0.29, 0.717) is 17.9 Å². The number of aryl methyl sites for hydroxylation is 2. The second-order valence-electron chi connectivity index (χ2n) is 8.89. The third kappa shape index (κ3) is 4.04. The number of carbonyl (C=O) groups excluding carboxylic acids is 2. The number of nitrogens with two attached hydrogens (primary N) is 1. The molecule has 3 N–H and O–H groups in total. The first-order valence-corrected chi connectivity index (χ1v) is 12.9. The summed E-state index contributed by atoms with van der Waals surface area (Å²) in [5.41, 5.74) is 6.79. The molecule has 7 nitrogen and oxygen atoms in total. The lowest BCUT2D eigenvalue weighted by Crippen LogP contribution is -2.24. The molecule has 8 heteroatoms. The molecular weight excluding hydrogens is 424 g/mol. The molecule has 0 aromatic heterocycles. The van der Waals surface area contributed by atoms with Gasteiger partial charge in [0.05, 0.1) is 4.90 Å². The van der Waals surface area contributed by atoms with Crippen LogP contribution in [0, 0.1) is 0 Å². The number of urea groups is 1. The van der Waals surface area contributed by atoms with Crippen molar-refractivity contribution >= 4 is 27.5 Å². The van der Waals surface area contributed by atoms with Crippen LogP contribution in [0.4, 0.5) is 10.5 Å². The topological polar surface area (TPSA) is 105 Å². The second kappa shape index (κ2) is 8.33. The summed E-state index contributed by atoms with van der Waals surface area (Å²) in [5, 5.41) is 8.91. The van der Waals surface area contributed by atoms with Crippen molar-refractivity contribution in [1.29, 1.82) is 0 Å². The highest BCUT2D eigenvalue weighted by Gasteiger charge is 2.25. The summed E-state index contributed by atoms with van der Waals surface area (Å²) in [6.07, 6.45) is 7.60. The number of amides is 3. The maximum absolute atomic E-state index is 13.0. The van der Waals surface area contributed by atoms with E-state index >= 15 is 0 Å². The lowest BCUT2D eigenvalue weighted by molar-refractivity contribution is -0.128. The molecule has 1 heterocycles. The fourth-order valence-corrected chi connectivity index (χ4v) is 6.08. The average molecular weight is 453 g/mol. The predicted octanol–water partition coefficient (Wildman–Crippen LogP) is 3.72. The third-order valence-electron chi connectivity index (χ3n) is 6.73. The largest absolute Gasteiger partial charge is 0.354 e. The highest BCUT2D eigenvalue weighted by Crippen LogP contribution is 2.38. The highest BCUT2D eigenvalue weighted by atomic mass is 32.2. The van der Waals surface area contributed by atoms with E-state index < -0.39 is 15.9 Å². The monoisotopic (exact) mass is 452 g/mol. The number of benzene rings is 2. The number of likely N-dealkylation sites (tertiary alicyclic amines) is 1. The van der Waals surface area contributed by atoms with E-state index in [9.17, 15) is 13.8 Å². The Labute approximate surface area is 188 Å². The van der Waals surface area contributed by atoms with E-state index in [-0.39, 0.29) is 5.91 Å². The number of carbonyl (C=O) groups is 2. The van der Waals surface area contributed by atoms with E-state index in [1.807, 2.05) is 4.90 Å². The van der Waals surface area contributed by atoms with Crippen LogP contribution in [0.2, 0.25) is 0 Å². The van der Waals surface area contributed by atoms with Crippen LogP contribution in [-0.2, 0) is 46.9 Å². The lowest BCUT2D eigenvalue weighted by atomic mass is 9.99. The Balaban J connectivity index is 1.35. The van der Waals surface area contributed by atoms with Crippen molar-refractivity contribution in [3.05, 3.63) is 58.1 Å². The second-order valence-corrected chi connectivity index (χ2v) is 10.7. The summed E-state index contributed by atoms with van der Waals surface area (Å²) in [5.74, 6) is 0.155. The molecule has 3 aliphatic rings. The minimum Gasteiger partial charge on any atom is -0.338 e. The van der Waals surface area contributed by atoms with Gasteiger partial charge in [0, 0.05) is 25.2 Å². The number of fused-ring (bicyclic) bond motifs is 2. The van der Waals surface area contributed by atoms with Gasteiger partial charge in [0.15, 0.2) is 0 Å². The molecule has 3 amide bonds. The van der Waals surface area contributed by atoms with E-state index in [2.05, 4.69) is 15.7 Å². The normalized spacial score (nSPS) is 18.9. The van der Waals surface area contributed by atoms with Crippen LogP contribution in [0.15, 0.2) is 39.6 Å². The van der Waals surface area contributed by atoms with E-state index in [4.69, 9.17) is 5.14 Å². The van der Waals surface area contributed by atoms with Gasteiger partial charge in [0.2, 0.25) is 5.91 Å². The Morgan fingerprint density at radius 2 is 1.66 bits per heavy atom. The molecule has 1 unspecified atom stereocenters. The fraction of sp³-hybridized carbons (Fsp3) is 0.417. The number of nitrogens with zero attached hydrogens (tertiary/aromatic N) is 2. The van der Waals surface area contributed by atoms with Crippen molar-refractivity contribution in [1.82, 2.24) is 4.90 Å². The number of anilines is 1. The number of nitrogens with one attached hydrogen (secondary N) is 1. The van der Waals surface area contributed by atoms with Gasteiger partial charge in [-0.05, 0) is 84.9 Å². The molecule has 5 rings (SSSR count). The van der Waals surface area contributed by atoms with Crippen molar-refractivity contribution in [2.45, 2.75) is 62.8 Å². The SMILES string of the molecule is NS(=O)(=NC(=O)Nc1c2c(cc3c1CCC3)CCC2)c1ccc(CN2CCCC2=O)cc1. The Morgan fingerprint density at radius 3 is 2.25 bits per heavy atom. The summed E-state index contributed by atoms with van der Waals surface area (Å²) < 4.78 is 16.9. The highest BCUT2D eigenvalue weighted by molar-refractivity contribution is 7.91. The van der Waals surface area contributed by atoms with Crippen LogP contribution < -0.4 is 10.5 Å². The molecule has 1 atom stereocenters. The zero-order chi connectivity index (χ0) is 22.3. The Bertz CT molecular complexity index is 1180. The van der Waals surface area contributed by atoms with Gasteiger partial charge >= 0.3 is 6.03 Å². The van der Waals surface area contributed by atoms with E-state index in [0.717, 1.165) is 62.7 Å². The van der Waals surface area contributed by atoms with Crippen LogP contribution >= 0.6 is 0 Å². The van der Waals surface area contributed by atoms with Crippen molar-refractivity contribution in [3.63, 3.8) is 0 Å². The number of rotatable bonds is 4. The van der Waals surface area contributed by atoms with Gasteiger partial charge in [-0.2, -0.15) is 0 Å². The van der Waals surface area contributed by atoms with Crippen LogP contribution in [-0.4, -0.2) is 27.6 Å². The van der Waals surface area contributed by atoms with E-state index in [1.54, 1.807) is 24.3 Å². The van der Waals surface area contributed by atoms with Crippen LogP contribution in [0.1, 0.15) is 53.5 Å². The number of hydrogen-bond donors (Lipinski definition) is 2. The molecule has 0 bridgehead atoms. The van der Waals surface area contributed by atoms with Gasteiger partial charge in [-0.25, -0.2) is 14.1 Å². The smallest absolute Gasteiger partial charge is 0.338 e. The minimum absolute atomic E-state index is 0.155. The molecule has 1 aliphatic heterocycles. The molecule has 1 saturated heterocycles. The summed E-state index contributed by atoms with van der Waals surface area (Å²) in [4.78, 5) is 26.7. The lowest BCUT2D eigenvalue weighted by Gasteiger charge is -2.16. The quantitative estimate of drug-likeness (QED) is 0.738. The maximum atomic E-state index is 13.0. The summed E-state index contributed by atoms with van der Waals surface area (Å²) in [6.45, 7) is 1.28. The van der Waals surface area contributed by atoms with Crippen molar-refractivity contribution in [3.8, 4) is 0 Å². The fourth-order valence-electron chi connectivity index (χ4n) is 5.15. The summed E-state index contributed by atoms with van der Waals surface area (Å²) in [7, 11) is -3.38. The van der Waals surface area contributed by atoms with Crippen LogP contribution in [0.5, 0.6) is 0 Å². The van der Waals surface area contributed by atoms with Gasteiger partial charge in [-0.3, -0.25) is 4.79 Å². The van der Waals surface area contributed by atoms with Crippen LogP contribution in [0.25, 0.3) is 0 Å². The van der Waals surface area contributed by atoms with Crippen molar-refractivity contribution in [2.24, 2.45) is 9.50 Å². The molecule has 168 valence electrons. The zero-order valence-electron chi connectivity index (χ0n) is 18.1. The standard InChI is InChI=1S/C24H28N4O3S/c25-32(31,19-11-9-16(10-12-19)15-28-13-3-8-22(28)29)27-24(30)26-23-20-6-1-4-17(20)14-18-5-2-7-21(18)23/h9-12,14H,1-8,13,15H2,(H3,25,26,27,30,31). The van der Waals surface area contributed by atoms with Gasteiger partial charge in [0.25, 0.3) is 0 Å². The minimum atomic E-state index is -3.38. The molecule has 1 fully saturated rings. The molecule has 2 aromatic rings. The first-order valence-electron chi connectivity index (χ1n) is 11.3. The Hall–Kier alpha value is -2.71. The summed E-state index contributed by atoms with van der Waals surface area (Å²) >= 11 is 0. The maximum Gasteiger partial charge on any atom is 0.354 e. The third-order valence-corrected chi connectivity index (χ3v) is 8.11. The zero-order valence-corrected chi connectivity index (χ0v) is 18.9. The van der Waals surface area contributed by atoms with Crippen LogP contribution in [0.3, 0.4) is 0 Å². The molecule has 0 spiro atoms. The van der Waals surface area contributed by atoms with Crippen molar-refractivity contribution in [2.75, 3.05) is 11.9 Å². The average Bonchev–Trinajstić information content (AvgIpc) is 3.49. The first-order chi connectivity index (χ1) is 15.4. The van der Waals surface area contributed by atoms with Gasteiger partial charge < -0.3 is 10.2 Å². The van der Waals surface area contributed by atoms with Gasteiger partial charge in [0.1, 0.15) is 9.92 Å². The Morgan fingerprint density at radius 1 is 1.00 bits per heavy atom. The van der Waals surface area contributed by atoms with Gasteiger partial charge in [-0.1, -0.05) is 18.2 Å². The molecule has 0 saturated carbocycles. The van der Waals surface area contributed by atoms with Gasteiger partial charge in [-0.15, -0.1) is 4.36 Å². The van der Waals surface area contributed by atoms with Crippen molar-refractivity contribution < 1.29 is 13.8 Å². The first kappa shape index (κ1) is 21.2.